The van der Waals surface area contributed by atoms with Crippen LogP contribution in [0.5, 0.6) is 0 Å². The van der Waals surface area contributed by atoms with Crippen molar-refractivity contribution in [2.24, 2.45) is 5.41 Å². The molecule has 3 N–H and O–H groups in total. The molecule has 1 aliphatic rings. The Labute approximate surface area is 135 Å². The molecule has 1 aromatic heterocycles. The number of hydrogen-bond donors (Lipinski definition) is 3. The highest BCUT2D eigenvalue weighted by molar-refractivity contribution is 7.15. The van der Waals surface area contributed by atoms with E-state index in [0.29, 0.717) is 10.6 Å². The van der Waals surface area contributed by atoms with Crippen LogP contribution in [0, 0.1) is 17.3 Å². The number of thiophene rings is 1. The van der Waals surface area contributed by atoms with Crippen LogP contribution in [0.4, 0.5) is 5.69 Å². The van der Waals surface area contributed by atoms with Crippen LogP contribution in [-0.4, -0.2) is 28.3 Å². The SMILES string of the molecule is CC(C)(C)C#Cc1cc(NC2CCC(O)CC2)c(C(=O)O)s1. The third-order valence-corrected chi connectivity index (χ3v) is 4.58. The first kappa shape index (κ1) is 16.9. The zero-order valence-electron chi connectivity index (χ0n) is 13.3. The van der Waals surface area contributed by atoms with Gasteiger partial charge in [0, 0.05) is 11.5 Å². The van der Waals surface area contributed by atoms with E-state index < -0.39 is 5.97 Å². The van der Waals surface area contributed by atoms with E-state index in [1.807, 2.05) is 26.8 Å². The van der Waals surface area contributed by atoms with Crippen LogP contribution >= 0.6 is 11.3 Å². The highest BCUT2D eigenvalue weighted by Crippen LogP contribution is 2.30. The topological polar surface area (TPSA) is 69.6 Å². The maximum Gasteiger partial charge on any atom is 0.348 e. The van der Waals surface area contributed by atoms with E-state index in [1.54, 1.807) is 0 Å². The van der Waals surface area contributed by atoms with E-state index in [-0.39, 0.29) is 17.6 Å². The standard InChI is InChI=1S/C17H23NO3S/c1-17(2,3)9-8-13-10-14(15(22-13)16(20)21)18-11-4-6-12(19)7-5-11/h10-12,18-19H,4-7H2,1-3H3,(H,20,21). The predicted molar refractivity (Wildman–Crippen MR) is 89.5 cm³/mol. The van der Waals surface area contributed by atoms with Gasteiger partial charge in [-0.05, 0) is 52.5 Å². The van der Waals surface area contributed by atoms with Crippen molar-refractivity contribution in [1.29, 1.82) is 0 Å². The Bertz CT molecular complexity index is 596. The zero-order valence-corrected chi connectivity index (χ0v) is 14.1. The lowest BCUT2D eigenvalue weighted by molar-refractivity contribution is 0.0702. The molecule has 0 spiro atoms. The van der Waals surface area contributed by atoms with E-state index >= 15 is 0 Å². The Hall–Kier alpha value is -1.51. The van der Waals surface area contributed by atoms with Crippen LogP contribution in [-0.2, 0) is 0 Å². The molecule has 0 radical (unpaired) electrons. The first-order valence-electron chi connectivity index (χ1n) is 7.59. The molecular formula is C17H23NO3S. The molecule has 1 fully saturated rings. The summed E-state index contributed by atoms with van der Waals surface area (Å²) >= 11 is 1.21. The lowest BCUT2D eigenvalue weighted by atomic mass is 9.93. The van der Waals surface area contributed by atoms with E-state index in [9.17, 15) is 15.0 Å². The molecule has 2 rings (SSSR count). The number of anilines is 1. The summed E-state index contributed by atoms with van der Waals surface area (Å²) in [5.74, 6) is 5.28. The molecule has 1 heterocycles. The van der Waals surface area contributed by atoms with E-state index in [4.69, 9.17) is 0 Å². The van der Waals surface area contributed by atoms with Crippen molar-refractivity contribution in [2.75, 3.05) is 5.32 Å². The average Bonchev–Trinajstić information content (AvgIpc) is 2.82. The molecule has 0 bridgehead atoms. The van der Waals surface area contributed by atoms with Crippen LogP contribution in [0.1, 0.15) is 61.0 Å². The summed E-state index contributed by atoms with van der Waals surface area (Å²) in [5.41, 5.74) is 0.539. The Morgan fingerprint density at radius 3 is 2.50 bits per heavy atom. The van der Waals surface area contributed by atoms with Crippen LogP contribution in [0.25, 0.3) is 0 Å². The predicted octanol–water partition coefficient (Wildman–Crippen LogP) is 3.56. The van der Waals surface area contributed by atoms with Gasteiger partial charge in [-0.15, -0.1) is 11.3 Å². The molecule has 120 valence electrons. The monoisotopic (exact) mass is 321 g/mol. The van der Waals surface area contributed by atoms with Gasteiger partial charge in [0.15, 0.2) is 0 Å². The first-order valence-corrected chi connectivity index (χ1v) is 8.41. The lowest BCUT2D eigenvalue weighted by Crippen LogP contribution is -2.28. The van der Waals surface area contributed by atoms with Crippen LogP contribution in [0.2, 0.25) is 0 Å². The van der Waals surface area contributed by atoms with Gasteiger partial charge in [0.2, 0.25) is 0 Å². The minimum Gasteiger partial charge on any atom is -0.477 e. The summed E-state index contributed by atoms with van der Waals surface area (Å²) in [4.78, 5) is 12.5. The summed E-state index contributed by atoms with van der Waals surface area (Å²) in [5, 5.41) is 22.2. The first-order chi connectivity index (χ1) is 10.2. The van der Waals surface area contributed by atoms with Gasteiger partial charge in [0.25, 0.3) is 0 Å². The van der Waals surface area contributed by atoms with Crippen LogP contribution in [0.3, 0.4) is 0 Å². The number of carboxylic acids is 1. The summed E-state index contributed by atoms with van der Waals surface area (Å²) in [7, 11) is 0. The molecule has 0 amide bonds. The Kier molecular flexibility index (Phi) is 5.15. The molecule has 22 heavy (non-hydrogen) atoms. The molecule has 0 atom stereocenters. The number of aliphatic hydroxyl groups is 1. The molecule has 4 nitrogen and oxygen atoms in total. The second-order valence-electron chi connectivity index (χ2n) is 6.81. The van der Waals surface area contributed by atoms with E-state index in [2.05, 4.69) is 17.2 Å². The molecule has 0 unspecified atom stereocenters. The highest BCUT2D eigenvalue weighted by atomic mass is 32.1. The zero-order chi connectivity index (χ0) is 16.3. The number of aromatic carboxylic acids is 1. The largest absolute Gasteiger partial charge is 0.477 e. The summed E-state index contributed by atoms with van der Waals surface area (Å²) in [6.07, 6.45) is 3.03. The van der Waals surface area contributed by atoms with Crippen molar-refractivity contribution in [2.45, 2.75) is 58.6 Å². The van der Waals surface area contributed by atoms with Gasteiger partial charge < -0.3 is 15.5 Å². The van der Waals surface area contributed by atoms with Crippen molar-refractivity contribution >= 4 is 23.0 Å². The second kappa shape index (κ2) is 6.72. The minimum absolute atomic E-state index is 0.111. The van der Waals surface area contributed by atoms with Crippen molar-refractivity contribution in [3.8, 4) is 11.8 Å². The fourth-order valence-corrected chi connectivity index (χ4v) is 3.22. The van der Waals surface area contributed by atoms with Gasteiger partial charge in [-0.25, -0.2) is 4.79 Å². The third-order valence-electron chi connectivity index (χ3n) is 3.54. The van der Waals surface area contributed by atoms with Gasteiger partial charge in [-0.3, -0.25) is 0 Å². The van der Waals surface area contributed by atoms with Crippen molar-refractivity contribution < 1.29 is 15.0 Å². The molecule has 1 aromatic rings. The van der Waals surface area contributed by atoms with Crippen molar-refractivity contribution in [1.82, 2.24) is 0 Å². The van der Waals surface area contributed by atoms with Gasteiger partial charge >= 0.3 is 5.97 Å². The molecule has 1 aliphatic carbocycles. The summed E-state index contributed by atoms with van der Waals surface area (Å²) < 4.78 is 0. The maximum atomic E-state index is 11.4. The number of carbonyl (C=O) groups is 1. The average molecular weight is 321 g/mol. The van der Waals surface area contributed by atoms with Gasteiger partial charge in [0.05, 0.1) is 16.7 Å². The Balaban J connectivity index is 2.17. The van der Waals surface area contributed by atoms with Gasteiger partial charge in [-0.1, -0.05) is 11.8 Å². The molecule has 1 saturated carbocycles. The quantitative estimate of drug-likeness (QED) is 0.745. The van der Waals surface area contributed by atoms with Gasteiger partial charge in [-0.2, -0.15) is 0 Å². The Morgan fingerprint density at radius 1 is 1.32 bits per heavy atom. The van der Waals surface area contributed by atoms with E-state index in [1.165, 1.54) is 11.3 Å². The second-order valence-corrected chi connectivity index (χ2v) is 7.86. The lowest BCUT2D eigenvalue weighted by Gasteiger charge is -2.26. The maximum absolute atomic E-state index is 11.4. The van der Waals surface area contributed by atoms with Gasteiger partial charge in [0.1, 0.15) is 4.88 Å². The van der Waals surface area contributed by atoms with Crippen LogP contribution in [0.15, 0.2) is 6.07 Å². The highest BCUT2D eigenvalue weighted by Gasteiger charge is 2.22. The minimum atomic E-state index is -0.924. The number of carboxylic acid groups (broad SMARTS) is 1. The fourth-order valence-electron chi connectivity index (χ4n) is 2.41. The Morgan fingerprint density at radius 2 is 1.95 bits per heavy atom. The third kappa shape index (κ3) is 4.75. The smallest absolute Gasteiger partial charge is 0.348 e. The number of aliphatic hydroxyl groups excluding tert-OH is 1. The normalized spacial score (nSPS) is 21.8. The van der Waals surface area contributed by atoms with E-state index in [0.717, 1.165) is 30.6 Å². The van der Waals surface area contributed by atoms with Crippen molar-refractivity contribution in [3.05, 3.63) is 15.8 Å². The number of nitrogens with one attached hydrogen (secondary N) is 1. The summed E-state index contributed by atoms with van der Waals surface area (Å²) in [6, 6.07) is 2.05. The fraction of sp³-hybridized carbons (Fsp3) is 0.588. The molecule has 0 aromatic carbocycles. The molecule has 0 saturated heterocycles. The number of rotatable bonds is 3. The molecular weight excluding hydrogens is 298 g/mol. The number of hydrogen-bond acceptors (Lipinski definition) is 4. The molecule has 5 heteroatoms. The summed E-state index contributed by atoms with van der Waals surface area (Å²) in [6.45, 7) is 6.08. The van der Waals surface area contributed by atoms with Crippen molar-refractivity contribution in [3.63, 3.8) is 0 Å². The van der Waals surface area contributed by atoms with Crippen LogP contribution < -0.4 is 5.32 Å². The molecule has 0 aliphatic heterocycles.